The normalized spacial score (nSPS) is 11.7. The minimum atomic E-state index is -4.64. The molecule has 1 aromatic heterocycles. The number of Topliss-reactive ketones (excluding diaryl/α,β-unsaturated/α-hetero) is 1. The van der Waals surface area contributed by atoms with Crippen molar-refractivity contribution in [2.75, 3.05) is 11.2 Å². The molecule has 1 aliphatic carbocycles. The quantitative estimate of drug-likeness (QED) is 0.130. The molecule has 0 spiro atoms. The molecule has 0 saturated heterocycles. The van der Waals surface area contributed by atoms with E-state index in [2.05, 4.69) is 5.32 Å². The fourth-order valence-electron chi connectivity index (χ4n) is 5.68. The Kier molecular flexibility index (Phi) is 9.54. The van der Waals surface area contributed by atoms with E-state index in [1.165, 1.54) is 16.7 Å². The number of hydrogen-bond acceptors (Lipinski definition) is 10. The van der Waals surface area contributed by atoms with Gasteiger partial charge in [0.1, 0.15) is 0 Å². The highest BCUT2D eigenvalue weighted by Crippen LogP contribution is 2.44. The third-order valence-corrected chi connectivity index (χ3v) is 8.90. The summed E-state index contributed by atoms with van der Waals surface area (Å²) >= 11 is 5.65. The van der Waals surface area contributed by atoms with Crippen molar-refractivity contribution in [2.24, 2.45) is 7.05 Å². The lowest BCUT2D eigenvalue weighted by atomic mass is 9.80. The van der Waals surface area contributed by atoms with E-state index in [1.54, 1.807) is 73.8 Å². The molecule has 0 aliphatic heterocycles. The molecule has 48 heavy (non-hydrogen) atoms. The van der Waals surface area contributed by atoms with Crippen LogP contribution < -0.4 is 10.9 Å². The van der Waals surface area contributed by atoms with Gasteiger partial charge in [-0.2, -0.15) is 8.42 Å². The average Bonchev–Trinajstić information content (AvgIpc) is 3.05. The first-order valence-corrected chi connectivity index (χ1v) is 16.9. The van der Waals surface area contributed by atoms with Crippen LogP contribution in [0.4, 0.5) is 11.4 Å². The Morgan fingerprint density at radius 2 is 1.50 bits per heavy atom. The molecule has 244 valence electrons. The van der Waals surface area contributed by atoms with Crippen molar-refractivity contribution in [3.8, 4) is 11.1 Å². The Morgan fingerprint density at radius 1 is 0.875 bits per heavy atom. The lowest BCUT2D eigenvalue weighted by Crippen LogP contribution is -2.29. The van der Waals surface area contributed by atoms with E-state index in [-0.39, 0.29) is 34.8 Å². The van der Waals surface area contributed by atoms with Crippen LogP contribution in [0.15, 0.2) is 94.6 Å². The first-order valence-electron chi connectivity index (χ1n) is 13.9. The summed E-state index contributed by atoms with van der Waals surface area (Å²) in [5.74, 6) is -1.63. The number of fused-ring (bicyclic) bond motifs is 2. The van der Waals surface area contributed by atoms with Crippen LogP contribution in [-0.2, 0) is 39.0 Å². The summed E-state index contributed by atoms with van der Waals surface area (Å²) in [6.45, 7) is 0. The number of alkyl halides is 1. The van der Waals surface area contributed by atoms with Crippen molar-refractivity contribution >= 4 is 72.0 Å². The topological polar surface area (TPSA) is 191 Å². The first-order chi connectivity index (χ1) is 22.7. The molecule has 0 bridgehead atoms. The van der Waals surface area contributed by atoms with Gasteiger partial charge < -0.3 is 9.88 Å². The summed E-state index contributed by atoms with van der Waals surface area (Å²) in [6.07, 6.45) is -0.345. The maximum absolute atomic E-state index is 14.1. The Labute approximate surface area is 279 Å². The molecule has 4 aromatic carbocycles. The van der Waals surface area contributed by atoms with Crippen LogP contribution >= 0.6 is 11.6 Å². The number of benzene rings is 4. The lowest BCUT2D eigenvalue weighted by Gasteiger charge is -2.25. The minimum absolute atomic E-state index is 0.0214. The van der Waals surface area contributed by atoms with E-state index in [0.29, 0.717) is 44.5 Å². The van der Waals surface area contributed by atoms with E-state index in [0.717, 1.165) is 6.07 Å². The van der Waals surface area contributed by atoms with Gasteiger partial charge in [-0.3, -0.25) is 23.7 Å². The number of nitrogens with zero attached hydrogens (tertiary/aromatic N) is 1. The van der Waals surface area contributed by atoms with Crippen molar-refractivity contribution in [1.82, 2.24) is 4.57 Å². The number of rotatable bonds is 8. The number of aromatic nitrogens is 1. The number of aryl methyl sites for hydroxylation is 1. The van der Waals surface area contributed by atoms with Crippen LogP contribution in [0.5, 0.6) is 0 Å². The molecule has 0 radical (unpaired) electrons. The second-order valence-corrected chi connectivity index (χ2v) is 12.6. The van der Waals surface area contributed by atoms with E-state index in [1.807, 2.05) is 0 Å². The van der Waals surface area contributed by atoms with Crippen molar-refractivity contribution in [3.05, 3.63) is 123 Å². The number of hydrogen-bond donors (Lipinski definition) is 2. The lowest BCUT2D eigenvalue weighted by molar-refractivity contribution is -0.116. The van der Waals surface area contributed by atoms with Crippen molar-refractivity contribution in [1.29, 1.82) is 0 Å². The smallest absolute Gasteiger partial charge is 0.355 e. The number of carbonyl (C=O) groups excluding carboxylic acids is 3. The second kappa shape index (κ2) is 13.4. The van der Waals surface area contributed by atoms with Crippen LogP contribution in [0.25, 0.3) is 22.0 Å². The number of anilines is 2. The van der Waals surface area contributed by atoms with Gasteiger partial charge >= 0.3 is 10.6 Å². The zero-order chi connectivity index (χ0) is 34.9. The molecule has 5 aromatic rings. The maximum atomic E-state index is 14.1. The van der Waals surface area contributed by atoms with Crippen LogP contribution in [0, 0.1) is 0 Å². The molecule has 6 rings (SSSR count). The number of carbonyl (C=O) groups is 3. The molecule has 0 atom stereocenters. The van der Waals surface area contributed by atoms with Crippen molar-refractivity contribution in [3.63, 3.8) is 0 Å². The number of ketones is 3. The molecule has 1 heterocycles. The van der Waals surface area contributed by atoms with Crippen LogP contribution in [-0.4, -0.2) is 53.4 Å². The summed E-state index contributed by atoms with van der Waals surface area (Å²) in [4.78, 5) is 53.4. The van der Waals surface area contributed by atoms with Crippen molar-refractivity contribution < 1.29 is 40.0 Å². The molecule has 0 unspecified atom stereocenters. The van der Waals surface area contributed by atoms with E-state index in [4.69, 9.17) is 24.2 Å². The first kappa shape index (κ1) is 34.1. The number of halogens is 1. The Bertz CT molecular complexity index is 2450. The zero-order valence-electron chi connectivity index (χ0n) is 24.8. The standard InChI is InChI=1S/C33H23ClN2O7S.O3S/c1-36-25-13-12-24(35-20-11-14-26(44(41,42)43)19(15-20)16-21(37)17-34)28-29(25)27(22-9-5-6-10-23(22)32(28)39)30(33(36)40)31(38)18-7-3-2-4-8-18;1-4(2)3/h2-15,35H,16-17H2,1H3,(H,41,42,43);. The molecular weight excluding hydrogens is 684 g/mol. The van der Waals surface area contributed by atoms with Crippen LogP contribution in [0.1, 0.15) is 37.4 Å². The van der Waals surface area contributed by atoms with Crippen molar-refractivity contribution in [2.45, 2.75) is 11.3 Å². The fourth-order valence-corrected chi connectivity index (χ4v) is 6.48. The summed E-state index contributed by atoms with van der Waals surface area (Å²) in [7, 11) is -6.21. The minimum Gasteiger partial charge on any atom is -0.355 e. The van der Waals surface area contributed by atoms with Crippen LogP contribution in [0.2, 0.25) is 0 Å². The predicted octanol–water partition coefficient (Wildman–Crippen LogP) is 4.32. The Morgan fingerprint density at radius 3 is 2.12 bits per heavy atom. The van der Waals surface area contributed by atoms with Gasteiger partial charge in [0.05, 0.1) is 33.1 Å². The monoisotopic (exact) mass is 706 g/mol. The highest BCUT2D eigenvalue weighted by atomic mass is 35.5. The highest BCUT2D eigenvalue weighted by molar-refractivity contribution is 7.85. The number of pyridine rings is 1. The SMILES string of the molecule is Cn1c(=O)c(C(=O)c2ccccc2)c2c3c(c(Nc4ccc(S(=O)(=O)O)c(CC(=O)CCl)c4)ccc31)C(=O)c1ccccc1-2.O=S(=O)=O. The van der Waals surface area contributed by atoms with Gasteiger partial charge in [-0.1, -0.05) is 54.6 Å². The van der Waals surface area contributed by atoms with E-state index in [9.17, 15) is 32.1 Å². The number of nitrogens with one attached hydrogen (secondary N) is 1. The summed E-state index contributed by atoms with van der Waals surface area (Å²) in [5.41, 5.74) is 2.19. The summed E-state index contributed by atoms with van der Waals surface area (Å²) in [6, 6.07) is 22.4. The average molecular weight is 707 g/mol. The molecule has 15 heteroatoms. The second-order valence-electron chi connectivity index (χ2n) is 10.5. The Balaban J connectivity index is 0.00000107. The molecule has 1 aliphatic rings. The van der Waals surface area contributed by atoms with E-state index < -0.39 is 42.7 Å². The molecule has 2 N–H and O–H groups in total. The largest absolute Gasteiger partial charge is 0.425 e. The molecule has 0 fully saturated rings. The molecular formula is C33H23ClN2O10S2. The van der Waals surface area contributed by atoms with Gasteiger partial charge in [0.2, 0.25) is 0 Å². The Hall–Kier alpha value is -5.28. The maximum Gasteiger partial charge on any atom is 0.425 e. The zero-order valence-corrected chi connectivity index (χ0v) is 27.1. The third-order valence-electron chi connectivity index (χ3n) is 7.65. The fraction of sp³-hybridized carbons (Fsp3) is 0.0909. The molecule has 12 nitrogen and oxygen atoms in total. The van der Waals surface area contributed by atoms with Gasteiger partial charge in [0, 0.05) is 41.2 Å². The van der Waals surface area contributed by atoms with Gasteiger partial charge in [0.15, 0.2) is 17.3 Å². The summed E-state index contributed by atoms with van der Waals surface area (Å²) < 4.78 is 60.4. The highest BCUT2D eigenvalue weighted by Gasteiger charge is 2.34. The molecule has 0 amide bonds. The summed E-state index contributed by atoms with van der Waals surface area (Å²) in [5, 5.41) is 3.56. The van der Waals surface area contributed by atoms with Gasteiger partial charge in [-0.05, 0) is 41.5 Å². The van der Waals surface area contributed by atoms with E-state index >= 15 is 0 Å². The molecule has 0 saturated carbocycles. The van der Waals surface area contributed by atoms with Gasteiger partial charge in [0.25, 0.3) is 15.7 Å². The van der Waals surface area contributed by atoms with Crippen LogP contribution in [0.3, 0.4) is 0 Å². The predicted molar refractivity (Wildman–Crippen MR) is 177 cm³/mol. The van der Waals surface area contributed by atoms with Gasteiger partial charge in [-0.15, -0.1) is 24.2 Å². The third kappa shape index (κ3) is 6.46. The van der Waals surface area contributed by atoms with Gasteiger partial charge in [-0.25, -0.2) is 0 Å².